The molecule has 0 N–H and O–H groups in total. The Morgan fingerprint density at radius 1 is 1.40 bits per heavy atom. The van der Waals surface area contributed by atoms with Crippen LogP contribution in [0, 0.1) is 5.92 Å². The van der Waals surface area contributed by atoms with Gasteiger partial charge in [0.1, 0.15) is 0 Å². The quantitative estimate of drug-likeness (QED) is 0.523. The molecule has 0 aromatic rings. The van der Waals surface area contributed by atoms with Crippen LogP contribution in [0.25, 0.3) is 0 Å². The molecule has 0 heteroatoms. The summed E-state index contributed by atoms with van der Waals surface area (Å²) < 4.78 is 0. The molecule has 0 aromatic heterocycles. The molecule has 1 rings (SSSR count). The average Bonchev–Trinajstić information content (AvgIpc) is 2.38. The minimum Gasteiger partial charge on any atom is -0.0996 e. The highest BCUT2D eigenvalue weighted by molar-refractivity contribution is 5.01. The van der Waals surface area contributed by atoms with Crippen molar-refractivity contribution in [1.82, 2.24) is 0 Å². The molecule has 0 amide bonds. The SMILES string of the molecule is C=C(CCC)C1CCCC1. The van der Waals surface area contributed by atoms with Crippen molar-refractivity contribution in [1.29, 1.82) is 0 Å². The zero-order chi connectivity index (χ0) is 7.40. The summed E-state index contributed by atoms with van der Waals surface area (Å²) in [5.41, 5.74) is 1.51. The van der Waals surface area contributed by atoms with Crippen molar-refractivity contribution in [2.24, 2.45) is 5.92 Å². The van der Waals surface area contributed by atoms with Gasteiger partial charge in [0.2, 0.25) is 0 Å². The van der Waals surface area contributed by atoms with E-state index in [1.165, 1.54) is 44.1 Å². The first-order valence-electron chi connectivity index (χ1n) is 4.52. The van der Waals surface area contributed by atoms with Crippen molar-refractivity contribution >= 4 is 0 Å². The molecule has 0 atom stereocenters. The third kappa shape index (κ3) is 1.86. The van der Waals surface area contributed by atoms with E-state index in [4.69, 9.17) is 0 Å². The first kappa shape index (κ1) is 7.84. The number of hydrogen-bond acceptors (Lipinski definition) is 0. The van der Waals surface area contributed by atoms with Gasteiger partial charge in [-0.1, -0.05) is 38.3 Å². The Balaban J connectivity index is 2.25. The average molecular weight is 138 g/mol. The second-order valence-corrected chi connectivity index (χ2v) is 3.39. The molecule has 0 aliphatic heterocycles. The molecule has 1 saturated carbocycles. The summed E-state index contributed by atoms with van der Waals surface area (Å²) in [4.78, 5) is 0. The monoisotopic (exact) mass is 138 g/mol. The van der Waals surface area contributed by atoms with Gasteiger partial charge in [-0.2, -0.15) is 0 Å². The molecular weight excluding hydrogens is 120 g/mol. The minimum absolute atomic E-state index is 0.889. The molecule has 0 radical (unpaired) electrons. The molecule has 0 aromatic carbocycles. The second kappa shape index (κ2) is 3.80. The van der Waals surface area contributed by atoms with E-state index in [0.29, 0.717) is 0 Å². The van der Waals surface area contributed by atoms with Crippen LogP contribution in [-0.2, 0) is 0 Å². The lowest BCUT2D eigenvalue weighted by molar-refractivity contribution is 0.609. The smallest absolute Gasteiger partial charge is 0.0206 e. The number of hydrogen-bond donors (Lipinski definition) is 0. The Morgan fingerprint density at radius 2 is 2.00 bits per heavy atom. The van der Waals surface area contributed by atoms with Crippen LogP contribution in [0.15, 0.2) is 12.2 Å². The summed E-state index contributed by atoms with van der Waals surface area (Å²) in [5, 5.41) is 0. The molecule has 0 heterocycles. The Morgan fingerprint density at radius 3 is 2.50 bits per heavy atom. The van der Waals surface area contributed by atoms with Crippen molar-refractivity contribution in [3.8, 4) is 0 Å². The molecule has 1 aliphatic carbocycles. The van der Waals surface area contributed by atoms with Gasteiger partial charge >= 0.3 is 0 Å². The van der Waals surface area contributed by atoms with Gasteiger partial charge in [-0.05, 0) is 25.2 Å². The van der Waals surface area contributed by atoms with Crippen LogP contribution in [0.1, 0.15) is 45.4 Å². The van der Waals surface area contributed by atoms with Crippen LogP contribution in [0.3, 0.4) is 0 Å². The van der Waals surface area contributed by atoms with E-state index in [-0.39, 0.29) is 0 Å². The fourth-order valence-electron chi connectivity index (χ4n) is 1.86. The van der Waals surface area contributed by atoms with E-state index in [9.17, 15) is 0 Å². The van der Waals surface area contributed by atoms with Crippen molar-refractivity contribution in [3.05, 3.63) is 12.2 Å². The molecule has 0 nitrogen and oxygen atoms in total. The zero-order valence-corrected chi connectivity index (χ0v) is 7.03. The van der Waals surface area contributed by atoms with Crippen molar-refractivity contribution < 1.29 is 0 Å². The highest BCUT2D eigenvalue weighted by Crippen LogP contribution is 2.31. The van der Waals surface area contributed by atoms with Crippen LogP contribution < -0.4 is 0 Å². The highest BCUT2D eigenvalue weighted by atomic mass is 14.2. The van der Waals surface area contributed by atoms with E-state index < -0.39 is 0 Å². The molecular formula is C10H18. The summed E-state index contributed by atoms with van der Waals surface area (Å²) in [6.45, 7) is 6.36. The summed E-state index contributed by atoms with van der Waals surface area (Å²) in [7, 11) is 0. The van der Waals surface area contributed by atoms with E-state index in [1.54, 1.807) is 0 Å². The highest BCUT2D eigenvalue weighted by Gasteiger charge is 2.16. The van der Waals surface area contributed by atoms with Crippen molar-refractivity contribution in [3.63, 3.8) is 0 Å². The van der Waals surface area contributed by atoms with Crippen molar-refractivity contribution in [2.45, 2.75) is 45.4 Å². The lowest BCUT2D eigenvalue weighted by Crippen LogP contribution is -1.96. The van der Waals surface area contributed by atoms with Gasteiger partial charge in [-0.3, -0.25) is 0 Å². The van der Waals surface area contributed by atoms with E-state index in [2.05, 4.69) is 13.5 Å². The summed E-state index contributed by atoms with van der Waals surface area (Å²) in [5.74, 6) is 0.889. The van der Waals surface area contributed by atoms with Gasteiger partial charge in [-0.15, -0.1) is 0 Å². The third-order valence-corrected chi connectivity index (χ3v) is 2.50. The van der Waals surface area contributed by atoms with Gasteiger partial charge in [0.05, 0.1) is 0 Å². The Bertz CT molecular complexity index is 107. The maximum absolute atomic E-state index is 4.13. The predicted octanol–water partition coefficient (Wildman–Crippen LogP) is 3.53. The Labute approximate surface area is 64.3 Å². The first-order valence-corrected chi connectivity index (χ1v) is 4.52. The lowest BCUT2D eigenvalue weighted by Gasteiger charge is -2.10. The molecule has 1 aliphatic rings. The lowest BCUT2D eigenvalue weighted by atomic mass is 9.96. The zero-order valence-electron chi connectivity index (χ0n) is 7.03. The molecule has 0 bridgehead atoms. The van der Waals surface area contributed by atoms with Crippen LogP contribution >= 0.6 is 0 Å². The Hall–Kier alpha value is -0.260. The van der Waals surface area contributed by atoms with Gasteiger partial charge in [0.25, 0.3) is 0 Å². The van der Waals surface area contributed by atoms with E-state index in [1.807, 2.05) is 0 Å². The van der Waals surface area contributed by atoms with Crippen LogP contribution in [0.4, 0.5) is 0 Å². The summed E-state index contributed by atoms with van der Waals surface area (Å²) >= 11 is 0. The van der Waals surface area contributed by atoms with E-state index in [0.717, 1.165) is 5.92 Å². The van der Waals surface area contributed by atoms with E-state index >= 15 is 0 Å². The van der Waals surface area contributed by atoms with Crippen LogP contribution in [0.2, 0.25) is 0 Å². The maximum atomic E-state index is 4.13. The fraction of sp³-hybridized carbons (Fsp3) is 0.800. The predicted molar refractivity (Wildman–Crippen MR) is 46.0 cm³/mol. The number of rotatable bonds is 3. The van der Waals surface area contributed by atoms with Gasteiger partial charge in [-0.25, -0.2) is 0 Å². The van der Waals surface area contributed by atoms with Crippen LogP contribution in [0.5, 0.6) is 0 Å². The molecule has 0 unspecified atom stereocenters. The maximum Gasteiger partial charge on any atom is -0.0206 e. The van der Waals surface area contributed by atoms with Crippen molar-refractivity contribution in [2.75, 3.05) is 0 Å². The topological polar surface area (TPSA) is 0 Å². The normalized spacial score (nSPS) is 19.7. The minimum atomic E-state index is 0.889. The Kier molecular flexibility index (Phi) is 2.98. The third-order valence-electron chi connectivity index (χ3n) is 2.50. The molecule has 1 fully saturated rings. The molecule has 10 heavy (non-hydrogen) atoms. The number of allylic oxidation sites excluding steroid dienone is 1. The molecule has 58 valence electrons. The van der Waals surface area contributed by atoms with Gasteiger partial charge in [0.15, 0.2) is 0 Å². The second-order valence-electron chi connectivity index (χ2n) is 3.39. The van der Waals surface area contributed by atoms with Gasteiger partial charge in [0, 0.05) is 0 Å². The summed E-state index contributed by atoms with van der Waals surface area (Å²) in [6.07, 6.45) is 8.23. The standard InChI is InChI=1S/C10H18/c1-3-6-9(2)10-7-4-5-8-10/h10H,2-8H2,1H3. The molecule has 0 saturated heterocycles. The largest absolute Gasteiger partial charge is 0.0996 e. The van der Waals surface area contributed by atoms with Gasteiger partial charge < -0.3 is 0 Å². The van der Waals surface area contributed by atoms with Crippen LogP contribution in [-0.4, -0.2) is 0 Å². The first-order chi connectivity index (χ1) is 4.84. The fourth-order valence-corrected chi connectivity index (χ4v) is 1.86. The molecule has 0 spiro atoms. The summed E-state index contributed by atoms with van der Waals surface area (Å²) in [6, 6.07) is 0.